The summed E-state index contributed by atoms with van der Waals surface area (Å²) in [7, 11) is 0. The van der Waals surface area contributed by atoms with Crippen LogP contribution in [-0.4, -0.2) is 12.1 Å². The quantitative estimate of drug-likeness (QED) is 0.727. The summed E-state index contributed by atoms with van der Waals surface area (Å²) in [5, 5.41) is 4.00. The number of rotatable bonds is 4. The van der Waals surface area contributed by atoms with Crippen molar-refractivity contribution in [1.82, 2.24) is 5.32 Å². The van der Waals surface area contributed by atoms with E-state index in [9.17, 15) is 0 Å². The molecule has 0 heterocycles. The Hall–Kier alpha value is -0.0400. The monoisotopic (exact) mass is 279 g/mol. The lowest BCUT2D eigenvalue weighted by molar-refractivity contribution is 0.126. The molecular formula is C19H37N. The largest absolute Gasteiger partial charge is 0.311 e. The Morgan fingerprint density at radius 3 is 2.00 bits per heavy atom. The first-order valence-electron chi connectivity index (χ1n) is 9.18. The smallest absolute Gasteiger partial charge is 0.00723 e. The van der Waals surface area contributed by atoms with Crippen molar-refractivity contribution in [1.29, 1.82) is 0 Å². The zero-order valence-corrected chi connectivity index (χ0v) is 14.5. The Kier molecular flexibility index (Phi) is 5.56. The lowest BCUT2D eigenvalue weighted by Gasteiger charge is -2.41. The van der Waals surface area contributed by atoms with E-state index in [1.54, 1.807) is 0 Å². The van der Waals surface area contributed by atoms with E-state index in [-0.39, 0.29) is 0 Å². The van der Waals surface area contributed by atoms with Crippen LogP contribution in [0.4, 0.5) is 0 Å². The Bertz CT molecular complexity index is 288. The van der Waals surface area contributed by atoms with Gasteiger partial charge in [-0.05, 0) is 68.1 Å². The fraction of sp³-hybridized carbons (Fsp3) is 1.00. The Labute approximate surface area is 127 Å². The van der Waals surface area contributed by atoms with Crippen LogP contribution in [0.15, 0.2) is 0 Å². The highest BCUT2D eigenvalue weighted by molar-refractivity contribution is 4.88. The molecule has 0 aromatic carbocycles. The van der Waals surface area contributed by atoms with Crippen LogP contribution in [0.1, 0.15) is 86.0 Å². The minimum absolute atomic E-state index is 0.555. The topological polar surface area (TPSA) is 12.0 Å². The van der Waals surface area contributed by atoms with Crippen molar-refractivity contribution >= 4 is 0 Å². The first-order valence-corrected chi connectivity index (χ1v) is 9.18. The predicted molar refractivity (Wildman–Crippen MR) is 88.9 cm³/mol. The minimum atomic E-state index is 0.555. The Morgan fingerprint density at radius 2 is 1.45 bits per heavy atom. The maximum Gasteiger partial charge on any atom is 0.00723 e. The summed E-state index contributed by atoms with van der Waals surface area (Å²) in [5.74, 6) is 2.81. The molecular weight excluding hydrogens is 242 g/mol. The molecule has 2 saturated carbocycles. The van der Waals surface area contributed by atoms with Gasteiger partial charge in [0.15, 0.2) is 0 Å². The average Bonchev–Trinajstić information content (AvgIpc) is 2.43. The van der Waals surface area contributed by atoms with Gasteiger partial charge < -0.3 is 5.32 Å². The van der Waals surface area contributed by atoms with Crippen LogP contribution >= 0.6 is 0 Å². The van der Waals surface area contributed by atoms with Gasteiger partial charge in [-0.3, -0.25) is 0 Å². The van der Waals surface area contributed by atoms with Gasteiger partial charge in [-0.1, -0.05) is 41.0 Å². The molecule has 2 aliphatic carbocycles. The summed E-state index contributed by atoms with van der Waals surface area (Å²) in [5.41, 5.74) is 0.555. The Balaban J connectivity index is 1.75. The Morgan fingerprint density at radius 1 is 0.850 bits per heavy atom. The second-order valence-corrected chi connectivity index (χ2v) is 8.52. The van der Waals surface area contributed by atoms with Gasteiger partial charge in [-0.25, -0.2) is 0 Å². The van der Waals surface area contributed by atoms with E-state index < -0.39 is 0 Å². The minimum Gasteiger partial charge on any atom is -0.311 e. The van der Waals surface area contributed by atoms with Crippen LogP contribution in [0.5, 0.6) is 0 Å². The third kappa shape index (κ3) is 4.00. The van der Waals surface area contributed by atoms with Gasteiger partial charge in [0.1, 0.15) is 0 Å². The van der Waals surface area contributed by atoms with E-state index in [1.165, 1.54) is 51.4 Å². The molecule has 0 aliphatic heterocycles. The third-order valence-electron chi connectivity index (χ3n) is 6.81. The van der Waals surface area contributed by atoms with Crippen LogP contribution < -0.4 is 5.32 Å². The summed E-state index contributed by atoms with van der Waals surface area (Å²) in [6, 6.07) is 1.62. The van der Waals surface area contributed by atoms with E-state index >= 15 is 0 Å². The molecule has 1 nitrogen and oxygen atoms in total. The maximum atomic E-state index is 4.00. The normalized spacial score (nSPS) is 39.8. The number of nitrogens with one attached hydrogen (secondary N) is 1. The highest BCUT2D eigenvalue weighted by atomic mass is 15.0. The highest BCUT2D eigenvalue weighted by Gasteiger charge is 2.33. The molecule has 3 unspecified atom stereocenters. The summed E-state index contributed by atoms with van der Waals surface area (Å²) in [4.78, 5) is 0. The van der Waals surface area contributed by atoms with Crippen molar-refractivity contribution < 1.29 is 0 Å². The SMILES string of the molecule is CCC(C)(C)C1CCC(NC2CCC(C)C(C)C2)CC1. The van der Waals surface area contributed by atoms with Crippen LogP contribution in [0.3, 0.4) is 0 Å². The lowest BCUT2D eigenvalue weighted by Crippen LogP contribution is -2.44. The fourth-order valence-corrected chi connectivity index (χ4v) is 4.36. The summed E-state index contributed by atoms with van der Waals surface area (Å²) in [6.07, 6.45) is 11.3. The molecule has 0 saturated heterocycles. The first kappa shape index (κ1) is 16.3. The van der Waals surface area contributed by atoms with Crippen molar-refractivity contribution in [2.24, 2.45) is 23.2 Å². The summed E-state index contributed by atoms with van der Waals surface area (Å²) >= 11 is 0. The molecule has 2 aliphatic rings. The second-order valence-electron chi connectivity index (χ2n) is 8.52. The van der Waals surface area contributed by atoms with E-state index in [1.807, 2.05) is 0 Å². The fourth-order valence-electron chi connectivity index (χ4n) is 4.36. The molecule has 0 spiro atoms. The van der Waals surface area contributed by atoms with E-state index in [0.29, 0.717) is 5.41 Å². The molecule has 0 aromatic rings. The molecule has 2 fully saturated rings. The number of hydrogen-bond acceptors (Lipinski definition) is 1. The van der Waals surface area contributed by atoms with E-state index in [4.69, 9.17) is 0 Å². The summed E-state index contributed by atoms with van der Waals surface area (Å²) in [6.45, 7) is 12.2. The lowest BCUT2D eigenvalue weighted by atomic mass is 9.68. The van der Waals surface area contributed by atoms with Crippen molar-refractivity contribution in [3.8, 4) is 0 Å². The molecule has 20 heavy (non-hydrogen) atoms. The van der Waals surface area contributed by atoms with Crippen LogP contribution in [-0.2, 0) is 0 Å². The first-order chi connectivity index (χ1) is 9.42. The van der Waals surface area contributed by atoms with Crippen molar-refractivity contribution in [3.63, 3.8) is 0 Å². The van der Waals surface area contributed by atoms with Gasteiger partial charge >= 0.3 is 0 Å². The van der Waals surface area contributed by atoms with E-state index in [0.717, 1.165) is 29.8 Å². The van der Waals surface area contributed by atoms with Crippen LogP contribution in [0.2, 0.25) is 0 Å². The average molecular weight is 280 g/mol. The van der Waals surface area contributed by atoms with Crippen molar-refractivity contribution in [3.05, 3.63) is 0 Å². The standard InChI is InChI=1S/C19H37N/c1-6-19(4,5)16-8-11-17(12-9-16)20-18-10-7-14(2)15(3)13-18/h14-18,20H,6-13H2,1-5H3. The van der Waals surface area contributed by atoms with Gasteiger partial charge in [0.2, 0.25) is 0 Å². The molecule has 3 atom stereocenters. The predicted octanol–water partition coefficient (Wildman–Crippen LogP) is 5.40. The molecule has 118 valence electrons. The molecule has 0 radical (unpaired) electrons. The molecule has 1 N–H and O–H groups in total. The van der Waals surface area contributed by atoms with Gasteiger partial charge in [-0.15, -0.1) is 0 Å². The van der Waals surface area contributed by atoms with Gasteiger partial charge in [0.25, 0.3) is 0 Å². The zero-order valence-electron chi connectivity index (χ0n) is 14.5. The molecule has 0 aromatic heterocycles. The van der Waals surface area contributed by atoms with Crippen LogP contribution in [0, 0.1) is 23.2 Å². The molecule has 0 amide bonds. The van der Waals surface area contributed by atoms with Gasteiger partial charge in [-0.2, -0.15) is 0 Å². The molecule has 2 rings (SSSR count). The van der Waals surface area contributed by atoms with Crippen molar-refractivity contribution in [2.45, 2.75) is 98.1 Å². The maximum absolute atomic E-state index is 4.00. The molecule has 1 heteroatoms. The van der Waals surface area contributed by atoms with Crippen molar-refractivity contribution in [2.75, 3.05) is 0 Å². The van der Waals surface area contributed by atoms with Gasteiger partial charge in [0.05, 0.1) is 0 Å². The number of hydrogen-bond donors (Lipinski definition) is 1. The third-order valence-corrected chi connectivity index (χ3v) is 6.81. The molecule has 0 bridgehead atoms. The second kappa shape index (κ2) is 6.81. The zero-order chi connectivity index (χ0) is 14.8. The highest BCUT2D eigenvalue weighted by Crippen LogP contribution is 2.40. The summed E-state index contributed by atoms with van der Waals surface area (Å²) < 4.78 is 0. The van der Waals surface area contributed by atoms with Crippen LogP contribution in [0.25, 0.3) is 0 Å². The van der Waals surface area contributed by atoms with E-state index in [2.05, 4.69) is 39.9 Å². The van der Waals surface area contributed by atoms with Gasteiger partial charge in [0, 0.05) is 12.1 Å².